The van der Waals surface area contributed by atoms with Crippen LogP contribution in [0.4, 0.5) is 0 Å². The average molecular weight is 404 g/mol. The second-order valence-corrected chi connectivity index (χ2v) is 9.33. The highest BCUT2D eigenvalue weighted by atomic mass is 32.2. The van der Waals surface area contributed by atoms with E-state index in [1.807, 2.05) is 31.3 Å². The standard InChI is InChI=1S/C19H25N5O3S/c1-13-16(12-22(2)20-13)17-10-18(23(3)28(26,27)21-17)19(25)24-9-8-14-6-4-5-7-15(14)11-24/h4-7,12,17-18,21H,8-11H2,1-3H3/t17-,18+/m1/s1. The topological polar surface area (TPSA) is 87.5 Å². The van der Waals surface area contributed by atoms with Crippen LogP contribution in [0.25, 0.3) is 0 Å². The first-order valence-electron chi connectivity index (χ1n) is 9.37. The Labute approximate surface area is 165 Å². The molecule has 0 radical (unpaired) electrons. The van der Waals surface area contributed by atoms with Gasteiger partial charge in [-0.2, -0.15) is 22.5 Å². The number of hydrogen-bond donors (Lipinski definition) is 1. The van der Waals surface area contributed by atoms with E-state index < -0.39 is 22.3 Å². The van der Waals surface area contributed by atoms with Gasteiger partial charge < -0.3 is 4.90 Å². The predicted molar refractivity (Wildman–Crippen MR) is 104 cm³/mol. The van der Waals surface area contributed by atoms with Gasteiger partial charge in [-0.25, -0.2) is 0 Å². The summed E-state index contributed by atoms with van der Waals surface area (Å²) in [4.78, 5) is 15.1. The van der Waals surface area contributed by atoms with Crippen molar-refractivity contribution in [2.75, 3.05) is 13.6 Å². The van der Waals surface area contributed by atoms with E-state index >= 15 is 0 Å². The quantitative estimate of drug-likeness (QED) is 0.807. The molecule has 28 heavy (non-hydrogen) atoms. The Bertz CT molecular complexity index is 1020. The number of likely N-dealkylation sites (N-methyl/N-ethyl adjacent to an activating group) is 1. The summed E-state index contributed by atoms with van der Waals surface area (Å²) in [5.74, 6) is -0.145. The Kier molecular flexibility index (Phi) is 4.76. The van der Waals surface area contributed by atoms with Crippen LogP contribution in [0.3, 0.4) is 0 Å². The third kappa shape index (κ3) is 3.34. The lowest BCUT2D eigenvalue weighted by Crippen LogP contribution is -2.58. The monoisotopic (exact) mass is 403 g/mol. The van der Waals surface area contributed by atoms with Crippen LogP contribution in [-0.4, -0.2) is 52.9 Å². The number of fused-ring (bicyclic) bond motifs is 1. The number of carbonyl (C=O) groups is 1. The number of benzene rings is 1. The minimum atomic E-state index is -3.76. The van der Waals surface area contributed by atoms with E-state index in [1.54, 1.807) is 16.6 Å². The van der Waals surface area contributed by atoms with Gasteiger partial charge in [-0.15, -0.1) is 0 Å². The second kappa shape index (κ2) is 6.98. The molecule has 2 aliphatic rings. The van der Waals surface area contributed by atoms with Crippen molar-refractivity contribution in [3.63, 3.8) is 0 Å². The molecule has 0 bridgehead atoms. The van der Waals surface area contributed by atoms with Crippen LogP contribution in [0, 0.1) is 6.92 Å². The summed E-state index contributed by atoms with van der Waals surface area (Å²) in [6.45, 7) is 2.97. The zero-order valence-electron chi connectivity index (χ0n) is 16.3. The van der Waals surface area contributed by atoms with Crippen molar-refractivity contribution >= 4 is 16.1 Å². The number of hydrogen-bond acceptors (Lipinski definition) is 4. The number of nitrogens with zero attached hydrogens (tertiary/aromatic N) is 4. The van der Waals surface area contributed by atoms with Crippen LogP contribution >= 0.6 is 0 Å². The largest absolute Gasteiger partial charge is 0.337 e. The Morgan fingerprint density at radius 2 is 1.93 bits per heavy atom. The van der Waals surface area contributed by atoms with Crippen molar-refractivity contribution in [1.82, 2.24) is 23.7 Å². The fourth-order valence-electron chi connectivity index (χ4n) is 4.15. The molecular weight excluding hydrogens is 378 g/mol. The number of aromatic nitrogens is 2. The zero-order chi connectivity index (χ0) is 20.1. The molecular formula is C19H25N5O3S. The van der Waals surface area contributed by atoms with E-state index in [1.165, 1.54) is 12.6 Å². The van der Waals surface area contributed by atoms with Crippen LogP contribution in [0.15, 0.2) is 30.5 Å². The molecule has 9 heteroatoms. The van der Waals surface area contributed by atoms with Gasteiger partial charge in [-0.1, -0.05) is 24.3 Å². The second-order valence-electron chi connectivity index (χ2n) is 7.57. The maximum absolute atomic E-state index is 13.3. The Morgan fingerprint density at radius 3 is 2.61 bits per heavy atom. The minimum absolute atomic E-state index is 0.145. The van der Waals surface area contributed by atoms with Gasteiger partial charge in [-0.05, 0) is 30.9 Å². The van der Waals surface area contributed by atoms with Crippen LogP contribution in [0.1, 0.15) is 34.8 Å². The molecule has 0 spiro atoms. The molecule has 1 saturated heterocycles. The van der Waals surface area contributed by atoms with Gasteiger partial charge in [0, 0.05) is 38.9 Å². The fraction of sp³-hybridized carbons (Fsp3) is 0.474. The molecule has 1 N–H and O–H groups in total. The van der Waals surface area contributed by atoms with Crippen molar-refractivity contribution in [2.45, 2.75) is 38.4 Å². The van der Waals surface area contributed by atoms with Gasteiger partial charge in [0.1, 0.15) is 6.04 Å². The number of carbonyl (C=O) groups excluding carboxylic acids is 1. The highest BCUT2D eigenvalue weighted by Crippen LogP contribution is 2.31. The maximum atomic E-state index is 13.3. The van der Waals surface area contributed by atoms with Crippen LogP contribution in [-0.2, 0) is 35.0 Å². The third-order valence-electron chi connectivity index (χ3n) is 5.72. The summed E-state index contributed by atoms with van der Waals surface area (Å²) in [6, 6.07) is 6.88. The lowest BCUT2D eigenvalue weighted by Gasteiger charge is -2.39. The zero-order valence-corrected chi connectivity index (χ0v) is 17.1. The summed E-state index contributed by atoms with van der Waals surface area (Å²) in [5.41, 5.74) is 3.95. The first kappa shape index (κ1) is 19.1. The molecule has 0 saturated carbocycles. The van der Waals surface area contributed by atoms with Gasteiger partial charge in [0.2, 0.25) is 5.91 Å². The molecule has 3 heterocycles. The number of aryl methyl sites for hydroxylation is 2. The highest BCUT2D eigenvalue weighted by molar-refractivity contribution is 7.87. The van der Waals surface area contributed by atoms with E-state index in [0.29, 0.717) is 19.5 Å². The Hall–Kier alpha value is -2.23. The lowest BCUT2D eigenvalue weighted by molar-refractivity contribution is -0.136. The number of nitrogens with one attached hydrogen (secondary N) is 1. The van der Waals surface area contributed by atoms with Crippen LogP contribution < -0.4 is 4.72 Å². The third-order valence-corrected chi connectivity index (χ3v) is 7.32. The van der Waals surface area contributed by atoms with Crippen molar-refractivity contribution < 1.29 is 13.2 Å². The van der Waals surface area contributed by atoms with E-state index in [-0.39, 0.29) is 5.91 Å². The molecule has 2 aliphatic heterocycles. The van der Waals surface area contributed by atoms with E-state index in [0.717, 1.165) is 27.5 Å². The molecule has 1 amide bonds. The molecule has 1 aromatic carbocycles. The summed E-state index contributed by atoms with van der Waals surface area (Å²) in [7, 11) is -0.494. The van der Waals surface area contributed by atoms with Crippen LogP contribution in [0.2, 0.25) is 0 Å². The average Bonchev–Trinajstić information content (AvgIpc) is 3.01. The van der Waals surface area contributed by atoms with Gasteiger partial charge in [0.25, 0.3) is 10.2 Å². The first-order chi connectivity index (χ1) is 13.3. The molecule has 0 aliphatic carbocycles. The Balaban J connectivity index is 1.60. The summed E-state index contributed by atoms with van der Waals surface area (Å²) in [5, 5.41) is 4.31. The molecule has 2 aromatic rings. The Morgan fingerprint density at radius 1 is 1.21 bits per heavy atom. The maximum Gasteiger partial charge on any atom is 0.280 e. The van der Waals surface area contributed by atoms with Crippen molar-refractivity contribution in [1.29, 1.82) is 0 Å². The van der Waals surface area contributed by atoms with Gasteiger partial charge in [0.05, 0.1) is 11.7 Å². The fourth-order valence-corrected chi connectivity index (χ4v) is 5.41. The van der Waals surface area contributed by atoms with Crippen LogP contribution in [0.5, 0.6) is 0 Å². The summed E-state index contributed by atoms with van der Waals surface area (Å²) in [6.07, 6.45) is 2.97. The van der Waals surface area contributed by atoms with Crippen molar-refractivity contribution in [3.8, 4) is 0 Å². The summed E-state index contributed by atoms with van der Waals surface area (Å²) >= 11 is 0. The number of rotatable bonds is 2. The molecule has 8 nitrogen and oxygen atoms in total. The smallest absolute Gasteiger partial charge is 0.280 e. The lowest BCUT2D eigenvalue weighted by atomic mass is 9.97. The van der Waals surface area contributed by atoms with E-state index in [2.05, 4.69) is 15.9 Å². The SMILES string of the molecule is Cc1nn(C)cc1[C@H]1C[C@@H](C(=O)N2CCc3ccccc3C2)N(C)S(=O)(=O)N1. The first-order valence-corrected chi connectivity index (χ1v) is 10.8. The summed E-state index contributed by atoms with van der Waals surface area (Å²) < 4.78 is 30.9. The molecule has 150 valence electrons. The van der Waals surface area contributed by atoms with Crippen molar-refractivity contribution in [3.05, 3.63) is 52.8 Å². The van der Waals surface area contributed by atoms with Gasteiger partial charge in [0.15, 0.2) is 0 Å². The molecule has 0 unspecified atom stereocenters. The minimum Gasteiger partial charge on any atom is -0.337 e. The van der Waals surface area contributed by atoms with Gasteiger partial charge in [-0.3, -0.25) is 9.48 Å². The highest BCUT2D eigenvalue weighted by Gasteiger charge is 2.43. The normalized spacial score (nSPS) is 24.8. The van der Waals surface area contributed by atoms with Gasteiger partial charge >= 0.3 is 0 Å². The van der Waals surface area contributed by atoms with Crippen molar-refractivity contribution in [2.24, 2.45) is 7.05 Å². The molecule has 1 aromatic heterocycles. The molecule has 2 atom stereocenters. The molecule has 4 rings (SSSR count). The predicted octanol–water partition coefficient (Wildman–Crippen LogP) is 0.893. The van der Waals surface area contributed by atoms with E-state index in [9.17, 15) is 13.2 Å². The molecule has 1 fully saturated rings. The number of amides is 1. The van der Waals surface area contributed by atoms with E-state index in [4.69, 9.17) is 0 Å².